The predicted octanol–water partition coefficient (Wildman–Crippen LogP) is 1.43. The predicted molar refractivity (Wildman–Crippen MR) is 45.7 cm³/mol. The lowest BCUT2D eigenvalue weighted by molar-refractivity contribution is 0.370. The zero-order chi connectivity index (χ0) is 8.93. The topological polar surface area (TPSA) is 52.0 Å². The van der Waals surface area contributed by atoms with Crippen LogP contribution >= 0.6 is 0 Å². The second-order valence-corrected chi connectivity index (χ2v) is 4.20. The highest BCUT2D eigenvalue weighted by atomic mass is 16.5. The van der Waals surface area contributed by atoms with Gasteiger partial charge in [0.15, 0.2) is 0 Å². The Hall–Kier alpha value is -0.830. The summed E-state index contributed by atoms with van der Waals surface area (Å²) in [7, 11) is 0. The monoisotopic (exact) mass is 166 g/mol. The summed E-state index contributed by atoms with van der Waals surface area (Å²) in [6.45, 7) is 6.23. The van der Waals surface area contributed by atoms with Gasteiger partial charge < -0.3 is 10.3 Å². The van der Waals surface area contributed by atoms with Gasteiger partial charge in [-0.3, -0.25) is 0 Å². The Morgan fingerprint density at radius 1 is 1.58 bits per heavy atom. The van der Waals surface area contributed by atoms with Crippen LogP contribution in [0.25, 0.3) is 0 Å². The van der Waals surface area contributed by atoms with E-state index < -0.39 is 0 Å². The van der Waals surface area contributed by atoms with Crippen LogP contribution in [0.4, 0.5) is 0 Å². The van der Waals surface area contributed by atoms with Gasteiger partial charge in [0.05, 0.1) is 5.69 Å². The molecule has 1 heterocycles. The summed E-state index contributed by atoms with van der Waals surface area (Å²) in [5.74, 6) is 1.30. The zero-order valence-electron chi connectivity index (χ0n) is 7.66. The van der Waals surface area contributed by atoms with Crippen LogP contribution in [0.15, 0.2) is 10.6 Å². The van der Waals surface area contributed by atoms with Crippen molar-refractivity contribution in [3.05, 3.63) is 17.5 Å². The molecule has 1 aliphatic rings. The van der Waals surface area contributed by atoms with Gasteiger partial charge in [-0.1, -0.05) is 19.0 Å². The molecule has 12 heavy (non-hydrogen) atoms. The molecule has 0 spiro atoms. The van der Waals surface area contributed by atoms with Gasteiger partial charge in [-0.2, -0.15) is 0 Å². The summed E-state index contributed by atoms with van der Waals surface area (Å²) in [5, 5.41) is 3.85. The molecule has 0 radical (unpaired) electrons. The van der Waals surface area contributed by atoms with E-state index in [0.29, 0.717) is 5.92 Å². The van der Waals surface area contributed by atoms with Crippen LogP contribution in [0.2, 0.25) is 0 Å². The Balaban J connectivity index is 2.24. The van der Waals surface area contributed by atoms with Gasteiger partial charge in [-0.25, -0.2) is 0 Å². The minimum atomic E-state index is 0.186. The standard InChI is InChI=1S/C9H14N2O/c1-5-4-6(12-11-5)7-8(10)9(7,2)3/h4,7-8H,10H2,1-3H3/t7-,8-/m1/s1. The summed E-state index contributed by atoms with van der Waals surface area (Å²) in [4.78, 5) is 0. The maximum absolute atomic E-state index is 5.90. The molecule has 0 aromatic carbocycles. The third kappa shape index (κ3) is 0.894. The van der Waals surface area contributed by atoms with Crippen LogP contribution < -0.4 is 5.73 Å². The molecule has 0 saturated heterocycles. The second-order valence-electron chi connectivity index (χ2n) is 4.20. The maximum atomic E-state index is 5.90. The summed E-state index contributed by atoms with van der Waals surface area (Å²) >= 11 is 0. The highest BCUT2D eigenvalue weighted by Gasteiger charge is 2.58. The molecule has 2 atom stereocenters. The number of rotatable bonds is 1. The molecule has 3 heteroatoms. The van der Waals surface area contributed by atoms with Crippen LogP contribution in [-0.2, 0) is 0 Å². The Kier molecular flexibility index (Phi) is 1.37. The van der Waals surface area contributed by atoms with Crippen molar-refractivity contribution in [2.45, 2.75) is 32.7 Å². The van der Waals surface area contributed by atoms with Gasteiger partial charge in [0.25, 0.3) is 0 Å². The minimum Gasteiger partial charge on any atom is -0.361 e. The fraction of sp³-hybridized carbons (Fsp3) is 0.667. The molecule has 1 saturated carbocycles. The van der Waals surface area contributed by atoms with Crippen molar-refractivity contribution < 1.29 is 4.52 Å². The number of aryl methyl sites for hydroxylation is 1. The third-order valence-electron chi connectivity index (χ3n) is 2.86. The van der Waals surface area contributed by atoms with E-state index in [1.54, 1.807) is 0 Å². The molecule has 1 aromatic rings. The first kappa shape index (κ1) is 7.80. The molecule has 3 nitrogen and oxygen atoms in total. The lowest BCUT2D eigenvalue weighted by Gasteiger charge is -1.96. The molecule has 1 aliphatic carbocycles. The Bertz CT molecular complexity index is 303. The minimum absolute atomic E-state index is 0.186. The molecule has 0 bridgehead atoms. The van der Waals surface area contributed by atoms with Crippen LogP contribution in [0, 0.1) is 12.3 Å². The molecular formula is C9H14N2O. The van der Waals surface area contributed by atoms with E-state index in [9.17, 15) is 0 Å². The van der Waals surface area contributed by atoms with Crippen molar-refractivity contribution >= 4 is 0 Å². The van der Waals surface area contributed by atoms with Gasteiger partial charge in [-0.15, -0.1) is 0 Å². The molecule has 0 amide bonds. The summed E-state index contributed by atoms with van der Waals surface area (Å²) in [5.41, 5.74) is 7.01. The molecular weight excluding hydrogens is 152 g/mol. The van der Waals surface area contributed by atoms with Crippen LogP contribution in [0.1, 0.15) is 31.2 Å². The van der Waals surface area contributed by atoms with Gasteiger partial charge in [0.1, 0.15) is 5.76 Å². The van der Waals surface area contributed by atoms with Crippen molar-refractivity contribution in [3.8, 4) is 0 Å². The Labute approximate surface area is 71.9 Å². The SMILES string of the molecule is Cc1cc([C@@H]2[C@@H](N)C2(C)C)on1. The third-order valence-corrected chi connectivity index (χ3v) is 2.86. The fourth-order valence-corrected chi connectivity index (χ4v) is 1.75. The first-order valence-corrected chi connectivity index (χ1v) is 4.22. The summed E-state index contributed by atoms with van der Waals surface area (Å²) in [6.07, 6.45) is 0. The molecule has 2 N–H and O–H groups in total. The van der Waals surface area contributed by atoms with E-state index in [1.165, 1.54) is 0 Å². The van der Waals surface area contributed by atoms with Crippen molar-refractivity contribution in [1.29, 1.82) is 0 Å². The molecule has 2 rings (SSSR count). The van der Waals surface area contributed by atoms with Gasteiger partial charge in [0.2, 0.25) is 0 Å². The van der Waals surface area contributed by atoms with E-state index in [1.807, 2.05) is 13.0 Å². The van der Waals surface area contributed by atoms with Crippen molar-refractivity contribution in [1.82, 2.24) is 5.16 Å². The largest absolute Gasteiger partial charge is 0.361 e. The van der Waals surface area contributed by atoms with E-state index in [2.05, 4.69) is 19.0 Å². The number of nitrogens with two attached hydrogens (primary N) is 1. The average molecular weight is 166 g/mol. The number of hydrogen-bond acceptors (Lipinski definition) is 3. The Morgan fingerprint density at radius 2 is 2.17 bits per heavy atom. The zero-order valence-corrected chi connectivity index (χ0v) is 7.66. The second kappa shape index (κ2) is 2.10. The van der Waals surface area contributed by atoms with Gasteiger partial charge >= 0.3 is 0 Å². The molecule has 1 aromatic heterocycles. The highest BCUT2D eigenvalue weighted by Crippen LogP contribution is 2.57. The van der Waals surface area contributed by atoms with Crippen molar-refractivity contribution in [2.24, 2.45) is 11.1 Å². The van der Waals surface area contributed by atoms with Gasteiger partial charge in [-0.05, 0) is 12.3 Å². The van der Waals surface area contributed by atoms with Crippen molar-refractivity contribution in [3.63, 3.8) is 0 Å². The van der Waals surface area contributed by atoms with Crippen LogP contribution in [0.3, 0.4) is 0 Å². The van der Waals surface area contributed by atoms with Crippen LogP contribution in [0.5, 0.6) is 0 Å². The molecule has 1 fully saturated rings. The summed E-state index contributed by atoms with van der Waals surface area (Å²) in [6, 6.07) is 2.20. The lowest BCUT2D eigenvalue weighted by Crippen LogP contribution is -2.06. The Morgan fingerprint density at radius 3 is 2.50 bits per heavy atom. The van der Waals surface area contributed by atoms with E-state index >= 15 is 0 Å². The van der Waals surface area contributed by atoms with E-state index in [0.717, 1.165) is 11.5 Å². The molecule has 0 aliphatic heterocycles. The molecule has 66 valence electrons. The number of nitrogens with zero attached hydrogens (tertiary/aromatic N) is 1. The van der Waals surface area contributed by atoms with Crippen molar-refractivity contribution in [2.75, 3.05) is 0 Å². The lowest BCUT2D eigenvalue weighted by atomic mass is 10.1. The fourth-order valence-electron chi connectivity index (χ4n) is 1.75. The average Bonchev–Trinajstić information content (AvgIpc) is 2.38. The normalized spacial score (nSPS) is 32.0. The quantitative estimate of drug-likeness (QED) is 0.686. The first-order valence-electron chi connectivity index (χ1n) is 4.22. The number of hydrogen-bond donors (Lipinski definition) is 1. The van der Waals surface area contributed by atoms with Crippen LogP contribution in [-0.4, -0.2) is 11.2 Å². The summed E-state index contributed by atoms with van der Waals surface area (Å²) < 4.78 is 5.16. The number of aromatic nitrogens is 1. The van der Waals surface area contributed by atoms with E-state index in [-0.39, 0.29) is 11.5 Å². The highest BCUT2D eigenvalue weighted by molar-refractivity contribution is 5.27. The molecule has 0 unspecified atom stereocenters. The van der Waals surface area contributed by atoms with Gasteiger partial charge in [0, 0.05) is 18.0 Å². The first-order chi connectivity index (χ1) is 5.53. The smallest absolute Gasteiger partial charge is 0.142 e. The maximum Gasteiger partial charge on any atom is 0.142 e. The van der Waals surface area contributed by atoms with E-state index in [4.69, 9.17) is 10.3 Å².